The van der Waals surface area contributed by atoms with Gasteiger partial charge in [-0.25, -0.2) is 4.98 Å². The molecule has 0 atom stereocenters. The van der Waals surface area contributed by atoms with Crippen LogP contribution in [0, 0.1) is 0 Å². The fourth-order valence-electron chi connectivity index (χ4n) is 1.38. The Morgan fingerprint density at radius 1 is 1.50 bits per heavy atom. The molecule has 0 radical (unpaired) electrons. The molecule has 1 amide bonds. The van der Waals surface area contributed by atoms with Crippen molar-refractivity contribution in [3.05, 3.63) is 11.5 Å². The van der Waals surface area contributed by atoms with Crippen LogP contribution in [0.4, 0.5) is 11.5 Å². The maximum absolute atomic E-state index is 11.4. The van der Waals surface area contributed by atoms with E-state index in [2.05, 4.69) is 9.97 Å². The van der Waals surface area contributed by atoms with Crippen molar-refractivity contribution in [2.24, 2.45) is 0 Å². The molecule has 0 N–H and O–H groups in total. The lowest BCUT2D eigenvalue weighted by Gasteiger charge is -2.31. The van der Waals surface area contributed by atoms with Crippen LogP contribution in [-0.4, -0.2) is 36.5 Å². The smallest absolute Gasteiger partial charge is 0.246 e. The van der Waals surface area contributed by atoms with Crippen molar-refractivity contribution in [1.29, 1.82) is 0 Å². The van der Waals surface area contributed by atoms with Crippen molar-refractivity contribution >= 4 is 29.0 Å². The molecular weight excluding hydrogens is 204 g/mol. The van der Waals surface area contributed by atoms with Gasteiger partial charge in [0.15, 0.2) is 5.82 Å². The van der Waals surface area contributed by atoms with Crippen LogP contribution in [0.2, 0.25) is 5.28 Å². The molecule has 0 saturated carbocycles. The Kier molecular flexibility index (Phi) is 2.03. The first kappa shape index (κ1) is 9.21. The predicted molar refractivity (Wildman–Crippen MR) is 53.7 cm³/mol. The monoisotopic (exact) mass is 212 g/mol. The zero-order chi connectivity index (χ0) is 10.3. The summed E-state index contributed by atoms with van der Waals surface area (Å²) in [5, 5.41) is 0.193. The molecule has 74 valence electrons. The van der Waals surface area contributed by atoms with Crippen LogP contribution in [0.3, 0.4) is 0 Å². The summed E-state index contributed by atoms with van der Waals surface area (Å²) < 4.78 is 0. The zero-order valence-corrected chi connectivity index (χ0v) is 8.62. The molecule has 0 fully saturated rings. The number of halogens is 1. The Bertz CT molecular complexity index is 395. The Labute approximate surface area is 86.3 Å². The van der Waals surface area contributed by atoms with Gasteiger partial charge < -0.3 is 9.80 Å². The third kappa shape index (κ3) is 1.29. The topological polar surface area (TPSA) is 49.3 Å². The van der Waals surface area contributed by atoms with Crippen molar-refractivity contribution in [1.82, 2.24) is 9.97 Å². The molecule has 1 aromatic heterocycles. The Hall–Kier alpha value is -1.36. The summed E-state index contributed by atoms with van der Waals surface area (Å²) in [6.45, 7) is 0.316. The fourth-order valence-corrected chi connectivity index (χ4v) is 1.51. The Balaban J connectivity index is 2.55. The number of fused-ring (bicyclic) bond motifs is 1. The number of aromatic nitrogens is 2. The summed E-state index contributed by atoms with van der Waals surface area (Å²) in [4.78, 5) is 22.6. The minimum absolute atomic E-state index is 0.0194. The molecule has 6 heteroatoms. The van der Waals surface area contributed by atoms with E-state index in [0.29, 0.717) is 18.1 Å². The summed E-state index contributed by atoms with van der Waals surface area (Å²) in [6.07, 6.45) is 1.55. The van der Waals surface area contributed by atoms with Gasteiger partial charge in [0.1, 0.15) is 5.69 Å². The average Bonchev–Trinajstić information content (AvgIpc) is 2.14. The van der Waals surface area contributed by atoms with Crippen LogP contribution in [0.5, 0.6) is 0 Å². The highest BCUT2D eigenvalue weighted by Crippen LogP contribution is 2.29. The van der Waals surface area contributed by atoms with Gasteiger partial charge in [0.25, 0.3) is 0 Å². The van der Waals surface area contributed by atoms with Crippen molar-refractivity contribution in [2.75, 3.05) is 30.4 Å². The lowest BCUT2D eigenvalue weighted by molar-refractivity contribution is -0.117. The summed E-state index contributed by atoms with van der Waals surface area (Å²) in [5.41, 5.74) is 0.688. The highest BCUT2D eigenvalue weighted by Gasteiger charge is 2.26. The molecule has 0 unspecified atom stereocenters. The van der Waals surface area contributed by atoms with Crippen LogP contribution in [0.15, 0.2) is 6.20 Å². The number of likely N-dealkylation sites (N-methyl/N-ethyl adjacent to an activating group) is 2. The molecule has 5 nitrogen and oxygen atoms in total. The minimum Gasteiger partial charge on any atom is -0.348 e. The molecule has 1 aromatic rings. The summed E-state index contributed by atoms with van der Waals surface area (Å²) in [5.74, 6) is 0.707. The third-order valence-electron chi connectivity index (χ3n) is 2.19. The second-order valence-electron chi connectivity index (χ2n) is 3.16. The van der Waals surface area contributed by atoms with Crippen molar-refractivity contribution in [3.63, 3.8) is 0 Å². The number of nitrogens with zero attached hydrogens (tertiary/aromatic N) is 4. The van der Waals surface area contributed by atoms with Crippen LogP contribution < -0.4 is 9.80 Å². The lowest BCUT2D eigenvalue weighted by Crippen LogP contribution is -2.42. The van der Waals surface area contributed by atoms with Gasteiger partial charge in [-0.1, -0.05) is 0 Å². The summed E-state index contributed by atoms with van der Waals surface area (Å²) in [7, 11) is 3.50. The van der Waals surface area contributed by atoms with Gasteiger partial charge in [0.2, 0.25) is 11.2 Å². The van der Waals surface area contributed by atoms with Crippen LogP contribution in [-0.2, 0) is 4.79 Å². The minimum atomic E-state index is 0.0194. The van der Waals surface area contributed by atoms with Gasteiger partial charge in [0.05, 0.1) is 12.7 Å². The number of anilines is 2. The molecule has 14 heavy (non-hydrogen) atoms. The average molecular weight is 213 g/mol. The highest BCUT2D eigenvalue weighted by atomic mass is 35.5. The van der Waals surface area contributed by atoms with E-state index in [1.165, 1.54) is 4.90 Å². The zero-order valence-electron chi connectivity index (χ0n) is 7.86. The summed E-state index contributed by atoms with van der Waals surface area (Å²) >= 11 is 5.67. The molecule has 2 rings (SSSR count). The number of amides is 1. The standard InChI is InChI=1S/C8H9ClN4O/c1-12-4-6(14)13(2)5-3-10-8(9)11-7(5)12/h3H,4H2,1-2H3. The Morgan fingerprint density at radius 2 is 2.21 bits per heavy atom. The molecule has 0 spiro atoms. The molecule has 0 bridgehead atoms. The second kappa shape index (κ2) is 3.09. The molecule has 2 heterocycles. The van der Waals surface area contributed by atoms with Gasteiger partial charge in [-0.2, -0.15) is 4.98 Å². The molecule has 0 aromatic carbocycles. The molecule has 1 aliphatic heterocycles. The van der Waals surface area contributed by atoms with E-state index in [-0.39, 0.29) is 11.2 Å². The number of hydrogen-bond donors (Lipinski definition) is 0. The number of rotatable bonds is 0. The first-order chi connectivity index (χ1) is 6.59. The highest BCUT2D eigenvalue weighted by molar-refractivity contribution is 6.28. The number of hydrogen-bond acceptors (Lipinski definition) is 4. The van der Waals surface area contributed by atoms with E-state index in [9.17, 15) is 4.79 Å². The van der Waals surface area contributed by atoms with Gasteiger partial charge >= 0.3 is 0 Å². The fraction of sp³-hybridized carbons (Fsp3) is 0.375. The third-order valence-corrected chi connectivity index (χ3v) is 2.37. The largest absolute Gasteiger partial charge is 0.348 e. The first-order valence-corrected chi connectivity index (χ1v) is 4.47. The van der Waals surface area contributed by atoms with Crippen LogP contribution >= 0.6 is 11.6 Å². The van der Waals surface area contributed by atoms with Gasteiger partial charge in [0, 0.05) is 14.1 Å². The molecule has 0 aliphatic carbocycles. The van der Waals surface area contributed by atoms with Crippen LogP contribution in [0.25, 0.3) is 0 Å². The van der Waals surface area contributed by atoms with E-state index in [1.54, 1.807) is 25.2 Å². The first-order valence-electron chi connectivity index (χ1n) is 4.10. The maximum atomic E-state index is 11.4. The molecule has 0 saturated heterocycles. The summed E-state index contributed by atoms with van der Waals surface area (Å²) in [6, 6.07) is 0. The van der Waals surface area contributed by atoms with Crippen molar-refractivity contribution in [3.8, 4) is 0 Å². The molecular formula is C8H9ClN4O. The predicted octanol–water partition coefficient (Wildman–Crippen LogP) is 0.543. The van der Waals surface area contributed by atoms with Crippen molar-refractivity contribution < 1.29 is 4.79 Å². The van der Waals surface area contributed by atoms with Crippen LogP contribution in [0.1, 0.15) is 0 Å². The quantitative estimate of drug-likeness (QED) is 0.589. The van der Waals surface area contributed by atoms with Gasteiger partial charge in [-0.15, -0.1) is 0 Å². The lowest BCUT2D eigenvalue weighted by atomic mass is 10.3. The maximum Gasteiger partial charge on any atom is 0.246 e. The number of carbonyl (C=O) groups is 1. The van der Waals surface area contributed by atoms with Gasteiger partial charge in [-0.05, 0) is 11.6 Å². The van der Waals surface area contributed by atoms with Gasteiger partial charge in [-0.3, -0.25) is 4.79 Å². The SMILES string of the molecule is CN1CC(=O)N(C)c2cnc(Cl)nc21. The second-order valence-corrected chi connectivity index (χ2v) is 3.49. The number of carbonyl (C=O) groups excluding carboxylic acids is 1. The Morgan fingerprint density at radius 3 is 2.93 bits per heavy atom. The normalized spacial score (nSPS) is 15.8. The van der Waals surface area contributed by atoms with E-state index < -0.39 is 0 Å². The van der Waals surface area contributed by atoms with E-state index in [0.717, 1.165) is 0 Å². The molecule has 1 aliphatic rings. The van der Waals surface area contributed by atoms with E-state index >= 15 is 0 Å². The van der Waals surface area contributed by atoms with E-state index in [1.807, 2.05) is 0 Å². The van der Waals surface area contributed by atoms with E-state index in [4.69, 9.17) is 11.6 Å². The van der Waals surface area contributed by atoms with Crippen molar-refractivity contribution in [2.45, 2.75) is 0 Å².